The van der Waals surface area contributed by atoms with Crippen molar-refractivity contribution in [1.82, 2.24) is 15.1 Å². The molecule has 1 N–H and O–H groups in total. The maximum Gasteiger partial charge on any atom is 0.410 e. The van der Waals surface area contributed by atoms with Gasteiger partial charge in [-0.05, 0) is 75.2 Å². The molecule has 3 aliphatic rings. The summed E-state index contributed by atoms with van der Waals surface area (Å²) in [5.41, 5.74) is 1.50. The fourth-order valence-corrected chi connectivity index (χ4v) is 4.92. The fourth-order valence-electron chi connectivity index (χ4n) is 4.92. The van der Waals surface area contributed by atoms with Crippen molar-refractivity contribution < 1.29 is 9.53 Å². The summed E-state index contributed by atoms with van der Waals surface area (Å²) in [6.45, 7) is 8.18. The second kappa shape index (κ2) is 8.61. The fraction of sp³-hybridized carbons (Fsp3) is 0.682. The topological polar surface area (TPSA) is 44.8 Å². The summed E-state index contributed by atoms with van der Waals surface area (Å²) < 4.78 is 5.51. The van der Waals surface area contributed by atoms with E-state index in [2.05, 4.69) is 10.2 Å². The van der Waals surface area contributed by atoms with Gasteiger partial charge in [0.25, 0.3) is 0 Å². The highest BCUT2D eigenvalue weighted by atomic mass is 16.6. The van der Waals surface area contributed by atoms with Gasteiger partial charge in [0.2, 0.25) is 0 Å². The molecule has 3 aliphatic heterocycles. The number of carbonyl (C=O) groups is 1. The maximum absolute atomic E-state index is 12.4. The molecule has 1 aromatic rings. The number of ether oxygens (including phenoxy) is 1. The minimum absolute atomic E-state index is 0.153. The Kier molecular flexibility index (Phi) is 5.98. The number of nitrogens with zero attached hydrogens (tertiary/aromatic N) is 2. The van der Waals surface area contributed by atoms with Gasteiger partial charge in [0.1, 0.15) is 6.61 Å². The molecule has 1 amide bonds. The van der Waals surface area contributed by atoms with Gasteiger partial charge in [0.15, 0.2) is 0 Å². The summed E-state index contributed by atoms with van der Waals surface area (Å²) in [4.78, 5) is 17.0. The van der Waals surface area contributed by atoms with Gasteiger partial charge >= 0.3 is 6.09 Å². The van der Waals surface area contributed by atoms with Crippen LogP contribution >= 0.6 is 0 Å². The zero-order valence-corrected chi connectivity index (χ0v) is 16.4. The van der Waals surface area contributed by atoms with Crippen molar-refractivity contribution in [3.05, 3.63) is 35.9 Å². The van der Waals surface area contributed by atoms with Gasteiger partial charge in [-0.2, -0.15) is 0 Å². The summed E-state index contributed by atoms with van der Waals surface area (Å²) in [7, 11) is 0. The monoisotopic (exact) mass is 371 g/mol. The number of hydrogen-bond acceptors (Lipinski definition) is 4. The van der Waals surface area contributed by atoms with E-state index in [1.807, 2.05) is 35.2 Å². The molecule has 4 rings (SSSR count). The molecule has 148 valence electrons. The van der Waals surface area contributed by atoms with Gasteiger partial charge in [-0.25, -0.2) is 4.79 Å². The third kappa shape index (κ3) is 4.82. The van der Waals surface area contributed by atoms with E-state index >= 15 is 0 Å². The molecule has 0 aromatic heterocycles. The lowest BCUT2D eigenvalue weighted by atomic mass is 9.71. The van der Waals surface area contributed by atoms with Crippen molar-refractivity contribution in [2.75, 3.05) is 45.8 Å². The smallest absolute Gasteiger partial charge is 0.410 e. The van der Waals surface area contributed by atoms with E-state index in [1.54, 1.807) is 0 Å². The summed E-state index contributed by atoms with van der Waals surface area (Å²) in [6.07, 6.45) is 6.03. The highest BCUT2D eigenvalue weighted by Gasteiger charge is 2.39. The van der Waals surface area contributed by atoms with E-state index in [1.165, 1.54) is 52.0 Å². The highest BCUT2D eigenvalue weighted by Crippen LogP contribution is 2.41. The minimum atomic E-state index is -0.153. The van der Waals surface area contributed by atoms with Crippen LogP contribution in [0.4, 0.5) is 4.79 Å². The van der Waals surface area contributed by atoms with Crippen LogP contribution in [0.25, 0.3) is 0 Å². The molecule has 1 atom stereocenters. The Bertz CT molecular complexity index is 597. The summed E-state index contributed by atoms with van der Waals surface area (Å²) in [5, 5.41) is 3.48. The number of carbonyl (C=O) groups excluding carboxylic acids is 1. The molecule has 0 aliphatic carbocycles. The molecule has 0 saturated carbocycles. The first-order valence-corrected chi connectivity index (χ1v) is 10.6. The third-order valence-corrected chi connectivity index (χ3v) is 6.88. The molecule has 0 radical (unpaired) electrons. The zero-order chi connectivity index (χ0) is 18.5. The van der Waals surface area contributed by atoms with Crippen LogP contribution in [0.5, 0.6) is 0 Å². The van der Waals surface area contributed by atoms with E-state index in [0.717, 1.165) is 37.4 Å². The lowest BCUT2D eigenvalue weighted by molar-refractivity contribution is 0.0232. The molecule has 0 bridgehead atoms. The third-order valence-electron chi connectivity index (χ3n) is 6.88. The SMILES string of the molecule is O=C(OCc1ccccc1)N1CCC2(CCN(C[C@@H]3CCNC3)CC2)CC1. The van der Waals surface area contributed by atoms with Crippen molar-refractivity contribution in [3.8, 4) is 0 Å². The number of piperidine rings is 2. The number of hydrogen-bond donors (Lipinski definition) is 1. The lowest BCUT2D eigenvalue weighted by Crippen LogP contribution is -2.49. The average Bonchev–Trinajstić information content (AvgIpc) is 3.23. The first-order chi connectivity index (χ1) is 13.2. The van der Waals surface area contributed by atoms with Gasteiger partial charge in [-0.15, -0.1) is 0 Å². The van der Waals surface area contributed by atoms with Crippen molar-refractivity contribution in [2.24, 2.45) is 11.3 Å². The van der Waals surface area contributed by atoms with Gasteiger partial charge in [0, 0.05) is 19.6 Å². The molecule has 3 fully saturated rings. The van der Waals surface area contributed by atoms with Gasteiger partial charge in [-0.3, -0.25) is 0 Å². The van der Waals surface area contributed by atoms with E-state index < -0.39 is 0 Å². The maximum atomic E-state index is 12.4. The molecule has 3 heterocycles. The van der Waals surface area contributed by atoms with Crippen molar-refractivity contribution in [1.29, 1.82) is 0 Å². The van der Waals surface area contributed by atoms with E-state index in [0.29, 0.717) is 12.0 Å². The Labute approximate surface area is 163 Å². The number of amides is 1. The van der Waals surface area contributed by atoms with Gasteiger partial charge in [-0.1, -0.05) is 30.3 Å². The Balaban J connectivity index is 1.19. The Hall–Kier alpha value is -1.59. The second-order valence-electron chi connectivity index (χ2n) is 8.69. The number of nitrogens with one attached hydrogen (secondary N) is 1. The molecule has 5 nitrogen and oxygen atoms in total. The minimum Gasteiger partial charge on any atom is -0.445 e. The summed E-state index contributed by atoms with van der Waals surface area (Å²) >= 11 is 0. The molecule has 27 heavy (non-hydrogen) atoms. The number of likely N-dealkylation sites (tertiary alicyclic amines) is 2. The van der Waals surface area contributed by atoms with Crippen LogP contribution in [-0.4, -0.2) is 61.7 Å². The van der Waals surface area contributed by atoms with Crippen LogP contribution < -0.4 is 5.32 Å². The first-order valence-electron chi connectivity index (χ1n) is 10.6. The predicted molar refractivity (Wildman–Crippen MR) is 107 cm³/mol. The van der Waals surface area contributed by atoms with E-state index in [4.69, 9.17) is 4.74 Å². The quantitative estimate of drug-likeness (QED) is 0.883. The van der Waals surface area contributed by atoms with Crippen LogP contribution in [0.3, 0.4) is 0 Å². The average molecular weight is 372 g/mol. The highest BCUT2D eigenvalue weighted by molar-refractivity contribution is 5.67. The second-order valence-corrected chi connectivity index (χ2v) is 8.69. The molecular weight excluding hydrogens is 338 g/mol. The zero-order valence-electron chi connectivity index (χ0n) is 16.4. The lowest BCUT2D eigenvalue weighted by Gasteiger charge is -2.47. The van der Waals surface area contributed by atoms with Crippen LogP contribution in [0.15, 0.2) is 30.3 Å². The Morgan fingerprint density at radius 3 is 2.44 bits per heavy atom. The molecular formula is C22H33N3O2. The Morgan fingerprint density at radius 2 is 1.78 bits per heavy atom. The molecule has 5 heteroatoms. The molecule has 1 aromatic carbocycles. The van der Waals surface area contributed by atoms with E-state index in [9.17, 15) is 4.79 Å². The summed E-state index contributed by atoms with van der Waals surface area (Å²) in [5.74, 6) is 0.847. The van der Waals surface area contributed by atoms with E-state index in [-0.39, 0.29) is 6.09 Å². The van der Waals surface area contributed by atoms with Gasteiger partial charge in [0.05, 0.1) is 0 Å². The van der Waals surface area contributed by atoms with Crippen LogP contribution in [0, 0.1) is 11.3 Å². The van der Waals surface area contributed by atoms with Crippen LogP contribution in [-0.2, 0) is 11.3 Å². The molecule has 0 unspecified atom stereocenters. The van der Waals surface area contributed by atoms with Crippen LogP contribution in [0.1, 0.15) is 37.7 Å². The predicted octanol–water partition coefficient (Wildman–Crippen LogP) is 3.11. The first kappa shape index (κ1) is 18.8. The molecule has 1 spiro atoms. The normalized spacial score (nSPS) is 25.6. The number of benzene rings is 1. The molecule has 3 saturated heterocycles. The Morgan fingerprint density at radius 1 is 1.07 bits per heavy atom. The largest absolute Gasteiger partial charge is 0.445 e. The van der Waals surface area contributed by atoms with Gasteiger partial charge < -0.3 is 19.9 Å². The van der Waals surface area contributed by atoms with Crippen molar-refractivity contribution in [2.45, 2.75) is 38.7 Å². The van der Waals surface area contributed by atoms with Crippen molar-refractivity contribution in [3.63, 3.8) is 0 Å². The summed E-state index contributed by atoms with van der Waals surface area (Å²) in [6, 6.07) is 9.92. The standard InChI is InChI=1S/C22H33N3O2/c26-21(27-18-19-4-2-1-3-5-19)25-14-9-22(10-15-25)7-12-24(13-8-22)17-20-6-11-23-16-20/h1-5,20,23H,6-18H2/t20-/m1/s1. The van der Waals surface area contributed by atoms with Crippen molar-refractivity contribution >= 4 is 6.09 Å². The van der Waals surface area contributed by atoms with Crippen LogP contribution in [0.2, 0.25) is 0 Å². The number of rotatable bonds is 4.